The van der Waals surface area contributed by atoms with Crippen LogP contribution in [0.4, 0.5) is 0 Å². The Morgan fingerprint density at radius 1 is 1.03 bits per heavy atom. The number of carbonyl (C=O) groups excluding carboxylic acids is 1. The highest BCUT2D eigenvalue weighted by atomic mass is 32.2. The molecule has 0 heterocycles. The van der Waals surface area contributed by atoms with Gasteiger partial charge in [0.15, 0.2) is 0 Å². The number of amides is 1. The van der Waals surface area contributed by atoms with Gasteiger partial charge in [-0.1, -0.05) is 55.5 Å². The third-order valence-electron chi connectivity index (χ3n) is 5.75. The first-order chi connectivity index (χ1) is 13.8. The van der Waals surface area contributed by atoms with Gasteiger partial charge >= 0.3 is 0 Å². The number of benzene rings is 2. The fraction of sp³-hybridized carbons (Fsp3) is 0.435. The van der Waals surface area contributed by atoms with Crippen LogP contribution in [0.3, 0.4) is 0 Å². The summed E-state index contributed by atoms with van der Waals surface area (Å²) in [6.45, 7) is 2.03. The topological polar surface area (TPSA) is 66.5 Å². The lowest BCUT2D eigenvalue weighted by Crippen LogP contribution is -2.42. The highest BCUT2D eigenvalue weighted by Crippen LogP contribution is 2.28. The average Bonchev–Trinajstić information content (AvgIpc) is 2.72. The van der Waals surface area contributed by atoms with Gasteiger partial charge < -0.3 is 5.32 Å². The molecule has 6 heteroatoms. The molecule has 1 N–H and O–H groups in total. The second kappa shape index (κ2) is 9.09. The molecule has 0 saturated carbocycles. The highest BCUT2D eigenvalue weighted by molar-refractivity contribution is 7.88. The van der Waals surface area contributed by atoms with Gasteiger partial charge in [0.2, 0.25) is 15.9 Å². The van der Waals surface area contributed by atoms with E-state index in [1.807, 2.05) is 25.1 Å². The fourth-order valence-corrected chi connectivity index (χ4v) is 4.60. The summed E-state index contributed by atoms with van der Waals surface area (Å²) >= 11 is 0. The molecule has 0 aromatic heterocycles. The molecule has 0 saturated heterocycles. The molecule has 2 aromatic rings. The lowest BCUT2D eigenvalue weighted by molar-refractivity contribution is -0.125. The number of rotatable bonds is 7. The summed E-state index contributed by atoms with van der Waals surface area (Å²) in [5.74, 6) is -0.311. The summed E-state index contributed by atoms with van der Waals surface area (Å²) in [5, 5.41) is 3.10. The Morgan fingerprint density at radius 2 is 1.69 bits per heavy atom. The van der Waals surface area contributed by atoms with E-state index in [-0.39, 0.29) is 11.9 Å². The summed E-state index contributed by atoms with van der Waals surface area (Å²) < 4.78 is 25.5. The molecule has 0 spiro atoms. The van der Waals surface area contributed by atoms with E-state index < -0.39 is 16.1 Å². The van der Waals surface area contributed by atoms with Crippen LogP contribution >= 0.6 is 0 Å². The zero-order valence-electron chi connectivity index (χ0n) is 17.4. The molecule has 29 heavy (non-hydrogen) atoms. The molecule has 2 atom stereocenters. The predicted molar refractivity (Wildman–Crippen MR) is 116 cm³/mol. The molecule has 1 amide bonds. The van der Waals surface area contributed by atoms with Gasteiger partial charge in [0.1, 0.15) is 6.04 Å². The van der Waals surface area contributed by atoms with Crippen molar-refractivity contribution in [3.05, 3.63) is 70.8 Å². The summed E-state index contributed by atoms with van der Waals surface area (Å²) in [5.41, 5.74) is 4.50. The molecule has 156 valence electrons. The molecule has 0 radical (unpaired) electrons. The van der Waals surface area contributed by atoms with Gasteiger partial charge in [0, 0.05) is 7.05 Å². The first kappa shape index (κ1) is 21.5. The number of fused-ring (bicyclic) bond motifs is 1. The van der Waals surface area contributed by atoms with Gasteiger partial charge in [-0.2, -0.15) is 4.31 Å². The summed E-state index contributed by atoms with van der Waals surface area (Å²) in [6.07, 6.45) is 6.49. The quantitative estimate of drug-likeness (QED) is 0.750. The Balaban J connectivity index is 1.87. The molecular formula is C23H30N2O3S. The zero-order valence-corrected chi connectivity index (χ0v) is 18.2. The van der Waals surface area contributed by atoms with Gasteiger partial charge in [-0.15, -0.1) is 0 Å². The van der Waals surface area contributed by atoms with Crippen LogP contribution in [0.5, 0.6) is 0 Å². The fourth-order valence-electron chi connectivity index (χ4n) is 4.00. The first-order valence-corrected chi connectivity index (χ1v) is 12.1. The SMILES string of the molecule is CC[C@@H](NC(=O)[C@@H](c1ccccc1)N(C)S(C)(=O)=O)c1ccc2c(c1)CCCC2. The lowest BCUT2D eigenvalue weighted by Gasteiger charge is -2.28. The van der Waals surface area contributed by atoms with E-state index in [1.165, 1.54) is 31.0 Å². The van der Waals surface area contributed by atoms with Crippen LogP contribution in [0.2, 0.25) is 0 Å². The maximum Gasteiger partial charge on any atom is 0.243 e. The van der Waals surface area contributed by atoms with Crippen LogP contribution in [0.25, 0.3) is 0 Å². The number of aryl methyl sites for hydroxylation is 2. The van der Waals surface area contributed by atoms with Crippen LogP contribution in [0.1, 0.15) is 60.5 Å². The largest absolute Gasteiger partial charge is 0.348 e. The maximum atomic E-state index is 13.2. The van der Waals surface area contributed by atoms with Gasteiger partial charge in [-0.25, -0.2) is 8.42 Å². The summed E-state index contributed by atoms with van der Waals surface area (Å²) in [7, 11) is -2.09. The third kappa shape index (κ3) is 5.06. The minimum Gasteiger partial charge on any atom is -0.348 e. The van der Waals surface area contributed by atoms with Gasteiger partial charge in [0.05, 0.1) is 12.3 Å². The minimum absolute atomic E-state index is 0.158. The number of nitrogens with zero attached hydrogens (tertiary/aromatic N) is 1. The Hall–Kier alpha value is -2.18. The maximum absolute atomic E-state index is 13.2. The van der Waals surface area contributed by atoms with E-state index in [9.17, 15) is 13.2 Å². The molecule has 1 aliphatic carbocycles. The van der Waals surface area contributed by atoms with Crippen LogP contribution in [-0.4, -0.2) is 31.9 Å². The smallest absolute Gasteiger partial charge is 0.243 e. The van der Waals surface area contributed by atoms with E-state index in [0.29, 0.717) is 5.56 Å². The number of nitrogens with one attached hydrogen (secondary N) is 1. The Labute approximate surface area is 174 Å². The molecule has 3 rings (SSSR count). The molecular weight excluding hydrogens is 384 g/mol. The van der Waals surface area contributed by atoms with Crippen LogP contribution in [0, 0.1) is 0 Å². The van der Waals surface area contributed by atoms with Gasteiger partial charge in [0.25, 0.3) is 0 Å². The van der Waals surface area contributed by atoms with E-state index in [1.54, 1.807) is 12.1 Å². The number of carbonyl (C=O) groups is 1. The number of sulfonamides is 1. The molecule has 1 aliphatic rings. The van der Waals surface area contributed by atoms with Crippen molar-refractivity contribution in [2.45, 2.75) is 51.1 Å². The summed E-state index contributed by atoms with van der Waals surface area (Å²) in [4.78, 5) is 13.2. The molecule has 0 bridgehead atoms. The summed E-state index contributed by atoms with van der Waals surface area (Å²) in [6, 6.07) is 14.5. The van der Waals surface area contributed by atoms with Crippen LogP contribution in [-0.2, 0) is 27.7 Å². The van der Waals surface area contributed by atoms with E-state index in [2.05, 4.69) is 23.5 Å². The number of hydrogen-bond acceptors (Lipinski definition) is 3. The van der Waals surface area contributed by atoms with Crippen molar-refractivity contribution in [2.75, 3.05) is 13.3 Å². The van der Waals surface area contributed by atoms with Crippen molar-refractivity contribution in [1.82, 2.24) is 9.62 Å². The predicted octanol–water partition coefficient (Wildman–Crippen LogP) is 3.77. The van der Waals surface area contributed by atoms with Crippen molar-refractivity contribution in [3.8, 4) is 0 Å². The standard InChI is InChI=1S/C23H30N2O3S/c1-4-21(20-15-14-17-10-8-9-13-19(17)16-20)24-23(26)22(25(2)29(3,27)28)18-11-6-5-7-12-18/h5-7,11-12,14-16,21-22H,4,8-10,13H2,1-3H3,(H,24,26)/t21-,22-/m1/s1. The average molecular weight is 415 g/mol. The Kier molecular flexibility index (Phi) is 6.75. The molecule has 5 nitrogen and oxygen atoms in total. The molecule has 0 fully saturated rings. The van der Waals surface area contributed by atoms with Crippen molar-refractivity contribution >= 4 is 15.9 Å². The Morgan fingerprint density at radius 3 is 2.31 bits per heavy atom. The lowest BCUT2D eigenvalue weighted by atomic mass is 9.88. The van der Waals surface area contributed by atoms with Crippen molar-refractivity contribution in [3.63, 3.8) is 0 Å². The Bertz CT molecular complexity index is 957. The molecule has 0 unspecified atom stereocenters. The zero-order chi connectivity index (χ0) is 21.0. The third-order valence-corrected chi connectivity index (χ3v) is 7.01. The second-order valence-electron chi connectivity index (χ2n) is 7.80. The van der Waals surface area contributed by atoms with Crippen molar-refractivity contribution < 1.29 is 13.2 Å². The first-order valence-electron chi connectivity index (χ1n) is 10.2. The second-order valence-corrected chi connectivity index (χ2v) is 9.84. The van der Waals surface area contributed by atoms with Crippen molar-refractivity contribution in [1.29, 1.82) is 0 Å². The number of hydrogen-bond donors (Lipinski definition) is 1. The highest BCUT2D eigenvalue weighted by Gasteiger charge is 2.32. The monoisotopic (exact) mass is 414 g/mol. The van der Waals surface area contributed by atoms with Crippen molar-refractivity contribution in [2.24, 2.45) is 0 Å². The van der Waals surface area contributed by atoms with E-state index >= 15 is 0 Å². The van der Waals surface area contributed by atoms with Gasteiger partial charge in [-0.3, -0.25) is 4.79 Å². The molecule has 2 aromatic carbocycles. The van der Waals surface area contributed by atoms with Crippen LogP contribution in [0.15, 0.2) is 48.5 Å². The minimum atomic E-state index is -3.54. The van der Waals surface area contributed by atoms with E-state index in [0.717, 1.165) is 35.4 Å². The van der Waals surface area contributed by atoms with E-state index in [4.69, 9.17) is 0 Å². The number of likely N-dealkylation sites (N-methyl/N-ethyl adjacent to an activating group) is 1. The normalized spacial score (nSPS) is 16.1. The molecule has 0 aliphatic heterocycles. The van der Waals surface area contributed by atoms with Crippen LogP contribution < -0.4 is 5.32 Å². The van der Waals surface area contributed by atoms with Gasteiger partial charge in [-0.05, 0) is 54.4 Å².